The maximum Gasteiger partial charge on any atom is 1.00 e. The molecule has 0 fully saturated rings. The summed E-state index contributed by atoms with van der Waals surface area (Å²) in [6.45, 7) is 5.72. The summed E-state index contributed by atoms with van der Waals surface area (Å²) < 4.78 is -1.61. The van der Waals surface area contributed by atoms with E-state index in [9.17, 15) is 0 Å². The molecule has 78 valence electrons. The fourth-order valence-electron chi connectivity index (χ4n) is 0. The van der Waals surface area contributed by atoms with Crippen molar-refractivity contribution in [2.75, 3.05) is 5.34 Å². The van der Waals surface area contributed by atoms with E-state index in [4.69, 9.17) is 69.6 Å². The van der Waals surface area contributed by atoms with Gasteiger partial charge in [0.25, 0.3) is 3.25 Å². The Morgan fingerprint density at radius 2 is 1.15 bits per heavy atom. The van der Waals surface area contributed by atoms with Gasteiger partial charge in [0.15, 0.2) is 0 Å². The van der Waals surface area contributed by atoms with Gasteiger partial charge in [0, 0.05) is 0 Å². The van der Waals surface area contributed by atoms with Crippen LogP contribution in [-0.2, 0) is 0 Å². The molecule has 0 spiro atoms. The first kappa shape index (κ1) is 24.5. The molecule has 0 aliphatic carbocycles. The van der Waals surface area contributed by atoms with Gasteiger partial charge in [-0.05, 0) is 0 Å². The molecule has 0 radical (unpaired) electrons. The van der Waals surface area contributed by atoms with Crippen molar-refractivity contribution in [2.45, 2.75) is 23.0 Å². The molecule has 0 nitrogen and oxygen atoms in total. The second-order valence-corrected chi connectivity index (χ2v) is 5.62. The van der Waals surface area contributed by atoms with Crippen LogP contribution < -0.4 is 18.9 Å². The van der Waals surface area contributed by atoms with Crippen LogP contribution >= 0.6 is 69.6 Å². The minimum atomic E-state index is -1.61. The first-order valence-electron chi connectivity index (χ1n) is 3.00. The second kappa shape index (κ2) is 19.8. The van der Waals surface area contributed by atoms with Gasteiger partial charge in [-0.3, -0.25) is 0 Å². The van der Waals surface area contributed by atoms with E-state index >= 15 is 0 Å². The Balaban J connectivity index is -0.0000000465. The molecule has 7 heteroatoms. The van der Waals surface area contributed by atoms with Gasteiger partial charge in [0.1, 0.15) is 0 Å². The van der Waals surface area contributed by atoms with Gasteiger partial charge in [-0.2, -0.15) is 6.42 Å². The predicted molar refractivity (Wildman–Crippen MR) is 63.0 cm³/mol. The molecule has 0 aromatic carbocycles. The quantitative estimate of drug-likeness (QED) is 0.397. The third-order valence-corrected chi connectivity index (χ3v) is 0.354. The molecule has 0 saturated heterocycles. The summed E-state index contributed by atoms with van der Waals surface area (Å²) in [5, 5.41) is 0.194. The third-order valence-electron chi connectivity index (χ3n) is 0.354. The van der Waals surface area contributed by atoms with Crippen LogP contribution in [0.2, 0.25) is 0 Å². The summed E-state index contributed by atoms with van der Waals surface area (Å²) in [5.41, 5.74) is 0. The van der Waals surface area contributed by atoms with E-state index in [-0.39, 0.29) is 24.2 Å². The van der Waals surface area contributed by atoms with Crippen LogP contribution in [0.5, 0.6) is 0 Å². The van der Waals surface area contributed by atoms with Crippen LogP contribution in [0, 0.1) is 6.92 Å². The number of alkyl halides is 6. The minimum absolute atomic E-state index is 0. The van der Waals surface area contributed by atoms with Gasteiger partial charge in [0.2, 0.25) is 0 Å². The maximum atomic E-state index is 4.83. The Kier molecular flexibility index (Phi) is 37.4. The predicted octanol–water partition coefficient (Wildman–Crippen LogP) is 2.60. The molecule has 13 heavy (non-hydrogen) atoms. The van der Waals surface area contributed by atoms with Crippen molar-refractivity contribution in [3.8, 4) is 0 Å². The molecular formula is C6H11Cl6Li. The molecule has 0 unspecified atom stereocenters. The van der Waals surface area contributed by atoms with E-state index in [1.165, 1.54) is 6.42 Å². The summed E-state index contributed by atoms with van der Waals surface area (Å²) in [7, 11) is 0. The van der Waals surface area contributed by atoms with Gasteiger partial charge in [-0.1, -0.05) is 59.7 Å². The Morgan fingerprint density at radius 1 is 1.08 bits per heavy atom. The molecule has 0 atom stereocenters. The van der Waals surface area contributed by atoms with E-state index < -0.39 is 3.25 Å². The smallest absolute Gasteiger partial charge is 0.343 e. The molecular weight excluding hydrogens is 292 g/mol. The monoisotopic (exact) mass is 300 g/mol. The molecule has 0 amide bonds. The van der Waals surface area contributed by atoms with E-state index in [2.05, 4.69) is 13.8 Å². The first-order chi connectivity index (χ1) is 5.33. The molecule has 0 aliphatic rings. The second-order valence-electron chi connectivity index (χ2n) is 1.38. The topological polar surface area (TPSA) is 0 Å². The van der Waals surface area contributed by atoms with Gasteiger partial charge >= 0.3 is 18.9 Å². The van der Waals surface area contributed by atoms with Crippen molar-refractivity contribution >= 4 is 69.6 Å². The zero-order chi connectivity index (χ0) is 10.6. The Bertz CT molecular complexity index is 56.6. The molecule has 0 rings (SSSR count). The van der Waals surface area contributed by atoms with Crippen molar-refractivity contribution in [2.24, 2.45) is 0 Å². The van der Waals surface area contributed by atoms with Gasteiger partial charge in [0.05, 0.1) is 5.34 Å². The van der Waals surface area contributed by atoms with Crippen LogP contribution in [0.25, 0.3) is 0 Å². The van der Waals surface area contributed by atoms with Crippen LogP contribution in [0.15, 0.2) is 0 Å². The van der Waals surface area contributed by atoms with Crippen LogP contribution in [0.4, 0.5) is 0 Å². The number of unbranched alkanes of at least 4 members (excludes halogenated alkanes) is 1. The fourth-order valence-corrected chi connectivity index (χ4v) is 0. The minimum Gasteiger partial charge on any atom is -0.343 e. The number of hydrogen-bond acceptors (Lipinski definition) is 0. The van der Waals surface area contributed by atoms with Gasteiger partial charge in [-0.25, -0.2) is 0 Å². The normalized spacial score (nSPS) is 8.31. The summed E-state index contributed by atoms with van der Waals surface area (Å²) >= 11 is 28.8. The largest absolute Gasteiger partial charge is 1.00 e. The molecule has 0 aromatic heterocycles. The van der Waals surface area contributed by atoms with Crippen molar-refractivity contribution in [3.63, 3.8) is 0 Å². The number of rotatable bonds is 1. The molecule has 0 aromatic rings. The van der Waals surface area contributed by atoms with E-state index in [1.54, 1.807) is 0 Å². The van der Waals surface area contributed by atoms with E-state index in [0.717, 1.165) is 6.42 Å². The summed E-state index contributed by atoms with van der Waals surface area (Å²) in [6, 6.07) is 0. The first-order valence-corrected chi connectivity index (χ1v) is 5.58. The Morgan fingerprint density at radius 3 is 1.15 bits per heavy atom. The van der Waals surface area contributed by atoms with E-state index in [1.807, 2.05) is 0 Å². The number of halogens is 6. The average molecular weight is 303 g/mol. The van der Waals surface area contributed by atoms with Crippen LogP contribution in [-0.4, -0.2) is 8.59 Å². The Labute approximate surface area is 123 Å². The zero-order valence-corrected chi connectivity index (χ0v) is 12.1. The SMILES string of the molecule is ClC(Cl)(Cl)Cl.ClCCl.[CH2-]CCC.[Li+]. The molecule has 0 aliphatic heterocycles. The zero-order valence-electron chi connectivity index (χ0n) is 7.60. The summed E-state index contributed by atoms with van der Waals surface area (Å²) in [5.74, 6) is 0. The van der Waals surface area contributed by atoms with Crippen LogP contribution in [0.1, 0.15) is 19.8 Å². The summed E-state index contributed by atoms with van der Waals surface area (Å²) in [4.78, 5) is 0. The standard InChI is InChI=1S/C4H9.CCl4.CH2Cl2.Li/c1-3-4-2;2-1(3,4)5;2-1-3;/h1,3-4H2,2H3;;1H2;/q-1;;;+1. The summed E-state index contributed by atoms with van der Waals surface area (Å²) in [6.07, 6.45) is 2.28. The molecule has 0 bridgehead atoms. The molecule has 0 N–H and O–H groups in total. The third kappa shape index (κ3) is 196. The van der Waals surface area contributed by atoms with Gasteiger partial charge < -0.3 is 6.92 Å². The van der Waals surface area contributed by atoms with Crippen molar-refractivity contribution in [1.29, 1.82) is 0 Å². The van der Waals surface area contributed by atoms with E-state index in [0.29, 0.717) is 0 Å². The van der Waals surface area contributed by atoms with Crippen molar-refractivity contribution in [3.05, 3.63) is 6.92 Å². The number of hydrogen-bond donors (Lipinski definition) is 0. The molecule has 0 saturated carbocycles. The molecule has 0 heterocycles. The van der Waals surface area contributed by atoms with Gasteiger partial charge in [-0.15, -0.1) is 23.2 Å². The average Bonchev–Trinajstić information content (AvgIpc) is 1.85. The maximum absolute atomic E-state index is 4.83. The Hall–Kier alpha value is 2.34. The van der Waals surface area contributed by atoms with Crippen LogP contribution in [0.3, 0.4) is 0 Å². The van der Waals surface area contributed by atoms with Crippen molar-refractivity contribution < 1.29 is 18.9 Å². The fraction of sp³-hybridized carbons (Fsp3) is 0.833. The van der Waals surface area contributed by atoms with Crippen molar-refractivity contribution in [1.82, 2.24) is 0 Å².